The number of hydrogen-bond acceptors (Lipinski definition) is 6. The Morgan fingerprint density at radius 2 is 2.16 bits per heavy atom. The lowest BCUT2D eigenvalue weighted by Crippen LogP contribution is -2.16. The number of fused-ring (bicyclic) bond motifs is 1. The number of ether oxygens (including phenoxy) is 2. The highest BCUT2D eigenvalue weighted by Gasteiger charge is 2.20. The Labute approximate surface area is 180 Å². The summed E-state index contributed by atoms with van der Waals surface area (Å²) in [5.74, 6) is 4.12. The Morgan fingerprint density at radius 3 is 2.87 bits per heavy atom. The van der Waals surface area contributed by atoms with Crippen molar-refractivity contribution < 1.29 is 18.1 Å². The normalized spacial score (nSPS) is 17.8. The number of nitrogens with zero attached hydrogens (tertiary/aromatic N) is 2. The van der Waals surface area contributed by atoms with E-state index in [1.807, 2.05) is 0 Å². The minimum absolute atomic E-state index is 0.131. The Hall–Kier alpha value is -3.17. The third-order valence-electron chi connectivity index (χ3n) is 4.70. The van der Waals surface area contributed by atoms with Gasteiger partial charge in [0.25, 0.3) is 0 Å². The summed E-state index contributed by atoms with van der Waals surface area (Å²) in [6, 6.07) is 7.86. The maximum absolute atomic E-state index is 13.9. The van der Waals surface area contributed by atoms with Crippen LogP contribution in [0.5, 0.6) is 5.75 Å². The van der Waals surface area contributed by atoms with Gasteiger partial charge < -0.3 is 19.5 Å². The Morgan fingerprint density at radius 1 is 1.32 bits per heavy atom. The van der Waals surface area contributed by atoms with Gasteiger partial charge in [0.15, 0.2) is 0 Å². The van der Waals surface area contributed by atoms with Gasteiger partial charge in [-0.3, -0.25) is 0 Å². The molecule has 1 aliphatic rings. The van der Waals surface area contributed by atoms with E-state index in [9.17, 15) is 8.60 Å². The lowest BCUT2D eigenvalue weighted by Gasteiger charge is -2.18. The zero-order chi connectivity index (χ0) is 22.0. The van der Waals surface area contributed by atoms with Crippen molar-refractivity contribution in [1.29, 1.82) is 0 Å². The van der Waals surface area contributed by atoms with Gasteiger partial charge in [0.05, 0.1) is 29.8 Å². The van der Waals surface area contributed by atoms with Crippen molar-refractivity contribution in [2.45, 2.75) is 12.5 Å². The molecule has 1 aliphatic heterocycles. The van der Waals surface area contributed by atoms with Crippen LogP contribution >= 0.6 is 0 Å². The van der Waals surface area contributed by atoms with Crippen LogP contribution in [-0.4, -0.2) is 45.6 Å². The van der Waals surface area contributed by atoms with Crippen molar-refractivity contribution in [2.24, 2.45) is 0 Å². The molecule has 3 aromatic rings. The van der Waals surface area contributed by atoms with Crippen molar-refractivity contribution >= 4 is 49.7 Å². The molecule has 2 N–H and O–H groups in total. The van der Waals surface area contributed by atoms with Gasteiger partial charge in [0.1, 0.15) is 29.8 Å². The van der Waals surface area contributed by atoms with Gasteiger partial charge in [-0.05, 0) is 35.7 Å². The van der Waals surface area contributed by atoms with E-state index in [0.717, 1.165) is 12.0 Å². The first kappa shape index (κ1) is 21.1. The van der Waals surface area contributed by atoms with E-state index < -0.39 is 15.5 Å². The number of anilines is 3. The molecule has 2 unspecified atom stereocenters. The lowest BCUT2D eigenvalue weighted by atomic mass is 10.1. The summed E-state index contributed by atoms with van der Waals surface area (Å²) in [4.78, 5) is 8.72. The molecule has 0 amide bonds. The van der Waals surface area contributed by atoms with Crippen LogP contribution < -0.4 is 14.8 Å². The van der Waals surface area contributed by atoms with Gasteiger partial charge in [-0.2, -0.15) is 0 Å². The summed E-state index contributed by atoms with van der Waals surface area (Å²) in [5, 5.41) is 3.96. The first-order valence-electron chi connectivity index (χ1n) is 9.64. The van der Waals surface area contributed by atoms with Gasteiger partial charge in [-0.1, -0.05) is 12.7 Å². The first-order chi connectivity index (χ1) is 14.8. The summed E-state index contributed by atoms with van der Waals surface area (Å²) in [6.07, 6.45) is 5.22. The molecule has 2 atom stereocenters. The van der Waals surface area contributed by atoms with E-state index in [4.69, 9.17) is 9.47 Å². The Bertz CT molecular complexity index is 1240. The molecule has 0 spiro atoms. The Balaban J connectivity index is 1.74. The van der Waals surface area contributed by atoms with E-state index in [1.165, 1.54) is 24.7 Å². The monoisotopic (exact) mass is 442 g/mol. The lowest BCUT2D eigenvalue weighted by molar-refractivity contribution is 0.141. The second kappa shape index (κ2) is 8.52. The maximum Gasteiger partial charge on any atom is 0.146 e. The van der Waals surface area contributed by atoms with E-state index >= 15 is 0 Å². The number of benzene rings is 2. The highest BCUT2D eigenvalue weighted by molar-refractivity contribution is 8.00. The summed E-state index contributed by atoms with van der Waals surface area (Å²) in [6.45, 7) is 4.97. The molecule has 31 heavy (non-hydrogen) atoms. The number of rotatable bonds is 7. The molecule has 162 valence electrons. The highest BCUT2D eigenvalue weighted by atomic mass is 32.2. The van der Waals surface area contributed by atoms with E-state index in [1.54, 1.807) is 24.3 Å². The fourth-order valence-corrected chi connectivity index (χ4v) is 4.01. The molecule has 1 fully saturated rings. The summed E-state index contributed by atoms with van der Waals surface area (Å²) in [7, 11) is -2.46. The van der Waals surface area contributed by atoms with Gasteiger partial charge in [0.2, 0.25) is 0 Å². The molecule has 0 saturated carbocycles. The molecule has 0 aliphatic carbocycles. The molecular formula is C22H23FN4O3S. The molecule has 7 nitrogen and oxygen atoms in total. The quantitative estimate of drug-likeness (QED) is 0.538. The van der Waals surface area contributed by atoms with Crippen LogP contribution in [0.15, 0.2) is 43.2 Å². The fraction of sp³-hybridized carbons (Fsp3) is 0.227. The van der Waals surface area contributed by atoms with Crippen molar-refractivity contribution in [2.75, 3.05) is 29.5 Å². The molecule has 0 radical (unpaired) electrons. The number of nitrogens with one attached hydrogen (secondary N) is 2. The molecule has 4 rings (SSSR count). The van der Waals surface area contributed by atoms with Gasteiger partial charge in [-0.25, -0.2) is 18.6 Å². The minimum Gasteiger partial charge on any atom is -0.486 e. The third-order valence-corrected chi connectivity index (χ3v) is 5.37. The van der Waals surface area contributed by atoms with Gasteiger partial charge in [-0.15, -0.1) is 0 Å². The smallest absolute Gasteiger partial charge is 0.146 e. The van der Waals surface area contributed by atoms with Crippen LogP contribution in [0.4, 0.5) is 21.6 Å². The average molecular weight is 443 g/mol. The molecule has 1 saturated heterocycles. The number of halogens is 1. The van der Waals surface area contributed by atoms with E-state index in [0.29, 0.717) is 47.1 Å². The van der Waals surface area contributed by atoms with Crippen LogP contribution in [0.25, 0.3) is 17.0 Å². The number of aromatic nitrogens is 2. The zero-order valence-corrected chi connectivity index (χ0v) is 17.9. The second-order valence-corrected chi connectivity index (χ2v) is 9.58. The van der Waals surface area contributed by atoms with E-state index in [2.05, 4.69) is 32.5 Å². The zero-order valence-electron chi connectivity index (χ0n) is 17.1. The molecule has 9 heteroatoms. The van der Waals surface area contributed by atoms with Crippen LogP contribution in [-0.2, 0) is 14.4 Å². The topological polar surface area (TPSA) is 85.4 Å². The summed E-state index contributed by atoms with van der Waals surface area (Å²) >= 11 is 0. The van der Waals surface area contributed by atoms with Crippen molar-refractivity contribution in [3.05, 3.63) is 54.6 Å². The fourth-order valence-electron chi connectivity index (χ4n) is 3.40. The average Bonchev–Trinajstić information content (AvgIpc) is 3.21. The minimum atomic E-state index is -2.46. The van der Waals surface area contributed by atoms with Gasteiger partial charge >= 0.3 is 0 Å². The van der Waals surface area contributed by atoms with Crippen molar-refractivity contribution in [3.8, 4) is 5.75 Å². The third kappa shape index (κ3) is 4.95. The second-order valence-electron chi connectivity index (χ2n) is 7.36. The molecule has 0 bridgehead atoms. The van der Waals surface area contributed by atoms with Crippen molar-refractivity contribution in [3.63, 3.8) is 0 Å². The first-order valence-corrected chi connectivity index (χ1v) is 11.8. The van der Waals surface area contributed by atoms with Crippen LogP contribution in [0, 0.1) is 5.82 Å². The largest absolute Gasteiger partial charge is 0.486 e. The maximum atomic E-state index is 13.9. The predicted molar refractivity (Wildman–Crippen MR) is 124 cm³/mol. The molecule has 1 aromatic heterocycles. The van der Waals surface area contributed by atoms with Crippen LogP contribution in [0.1, 0.15) is 12.0 Å². The molecule has 2 heterocycles. The van der Waals surface area contributed by atoms with Gasteiger partial charge in [0, 0.05) is 34.1 Å². The summed E-state index contributed by atoms with van der Waals surface area (Å²) < 4.78 is 40.2. The number of hydrogen-bond donors (Lipinski definition) is 2. The molecular weight excluding hydrogens is 419 g/mol. The molecule has 2 aromatic carbocycles. The standard InChI is InChI=1S/C22H23FN4O3S/c1-4-14-9-16(27-31(2,3)28)11-19-21(14)22(25-13-24-19)26-18-6-5-15(23)10-20(18)30-17-7-8-29-12-17/h4-6,9-11,13,17H,1-2,7-8,12H2,3H3,(H,27,28)(H,24,25,26). The Kier molecular flexibility index (Phi) is 5.79. The predicted octanol–water partition coefficient (Wildman–Crippen LogP) is 4.00. The summed E-state index contributed by atoms with van der Waals surface area (Å²) in [5.41, 5.74) is 2.54. The van der Waals surface area contributed by atoms with E-state index in [-0.39, 0.29) is 6.10 Å². The highest BCUT2D eigenvalue weighted by Crippen LogP contribution is 2.34. The SMILES string of the molecule is C=Cc1cc(NS(=C)(C)=O)cc2ncnc(Nc3ccc(F)cc3OC3CCOC3)c12. The van der Waals surface area contributed by atoms with Crippen molar-refractivity contribution in [1.82, 2.24) is 9.97 Å². The van der Waals surface area contributed by atoms with Crippen LogP contribution in [0.3, 0.4) is 0 Å². The van der Waals surface area contributed by atoms with Crippen LogP contribution in [0.2, 0.25) is 0 Å².